The van der Waals surface area contributed by atoms with Crippen LogP contribution in [0.1, 0.15) is 39.0 Å². The molecule has 0 atom stereocenters. The molecule has 0 aliphatic heterocycles. The molecule has 4 nitrogen and oxygen atoms in total. The van der Waals surface area contributed by atoms with E-state index in [0.29, 0.717) is 12.6 Å². The minimum absolute atomic E-state index is 0.508. The molecule has 0 aromatic rings. The van der Waals surface area contributed by atoms with E-state index >= 15 is 0 Å². The van der Waals surface area contributed by atoms with Gasteiger partial charge in [0.2, 0.25) is 0 Å². The van der Waals surface area contributed by atoms with E-state index < -0.39 is 5.60 Å². The molecule has 0 aromatic carbocycles. The van der Waals surface area contributed by atoms with Gasteiger partial charge in [-0.2, -0.15) is 0 Å². The second-order valence-electron chi connectivity index (χ2n) is 4.69. The van der Waals surface area contributed by atoms with Gasteiger partial charge in [0.1, 0.15) is 0 Å². The van der Waals surface area contributed by atoms with Crippen molar-refractivity contribution in [2.45, 2.75) is 50.7 Å². The number of hydrogen-bond acceptors (Lipinski definition) is 2. The van der Waals surface area contributed by atoms with Crippen molar-refractivity contribution < 1.29 is 5.11 Å². The molecule has 3 N–H and O–H groups in total. The van der Waals surface area contributed by atoms with E-state index in [9.17, 15) is 5.11 Å². The number of rotatable bonds is 4. The van der Waals surface area contributed by atoms with Crippen LogP contribution in [-0.2, 0) is 0 Å². The molecule has 4 heteroatoms. The largest absolute Gasteiger partial charge is 0.388 e. The van der Waals surface area contributed by atoms with Gasteiger partial charge in [-0.05, 0) is 39.0 Å². The zero-order valence-corrected chi connectivity index (χ0v) is 9.42. The maximum absolute atomic E-state index is 9.91. The van der Waals surface area contributed by atoms with Gasteiger partial charge >= 0.3 is 0 Å². The summed E-state index contributed by atoms with van der Waals surface area (Å²) in [5.41, 5.74) is -0.508. The molecule has 0 unspecified atom stereocenters. The van der Waals surface area contributed by atoms with Crippen LogP contribution in [0.5, 0.6) is 0 Å². The van der Waals surface area contributed by atoms with Gasteiger partial charge in [-0.15, -0.1) is 0 Å². The molecule has 0 bridgehead atoms. The molecule has 0 saturated heterocycles. The zero-order chi connectivity index (χ0) is 10.7. The summed E-state index contributed by atoms with van der Waals surface area (Å²) in [4.78, 5) is 4.43. The summed E-state index contributed by atoms with van der Waals surface area (Å²) >= 11 is 0. The molecule has 2 aliphatic rings. The molecule has 2 saturated carbocycles. The van der Waals surface area contributed by atoms with Crippen LogP contribution in [0, 0.1) is 0 Å². The molecule has 2 rings (SSSR count). The molecule has 0 spiro atoms. The van der Waals surface area contributed by atoms with Crippen LogP contribution in [0.4, 0.5) is 0 Å². The molecular weight excluding hydrogens is 190 g/mol. The molecule has 0 heterocycles. The summed E-state index contributed by atoms with van der Waals surface area (Å²) in [5, 5.41) is 16.5. The fraction of sp³-hybridized carbons (Fsp3) is 0.909. The Morgan fingerprint density at radius 1 is 1.47 bits per heavy atom. The average molecular weight is 211 g/mol. The van der Waals surface area contributed by atoms with Crippen molar-refractivity contribution in [2.24, 2.45) is 4.99 Å². The first kappa shape index (κ1) is 10.7. The molecule has 86 valence electrons. The summed E-state index contributed by atoms with van der Waals surface area (Å²) in [6, 6.07) is 0.610. The Hall–Kier alpha value is -0.770. The normalized spacial score (nSPS) is 24.5. The molecule has 0 amide bonds. The molecular formula is C11H21N3O. The lowest BCUT2D eigenvalue weighted by Gasteiger charge is -2.35. The average Bonchev–Trinajstić information content (AvgIpc) is 2.95. The predicted molar refractivity (Wildman–Crippen MR) is 60.9 cm³/mol. The van der Waals surface area contributed by atoms with Gasteiger partial charge in [0.25, 0.3) is 0 Å². The first-order chi connectivity index (χ1) is 7.22. The van der Waals surface area contributed by atoms with Gasteiger partial charge in [0.15, 0.2) is 5.96 Å². The van der Waals surface area contributed by atoms with E-state index in [1.54, 1.807) is 0 Å². The second-order valence-corrected chi connectivity index (χ2v) is 4.69. The van der Waals surface area contributed by atoms with Crippen molar-refractivity contribution in [3.05, 3.63) is 0 Å². The molecule has 0 aromatic heterocycles. The Labute approximate surface area is 91.2 Å². The predicted octanol–water partition coefficient (Wildman–Crippen LogP) is 0.619. The Balaban J connectivity index is 1.81. The summed E-state index contributed by atoms with van der Waals surface area (Å²) in [6.45, 7) is 3.47. The van der Waals surface area contributed by atoms with Crippen molar-refractivity contribution in [3.8, 4) is 0 Å². The third-order valence-corrected chi connectivity index (χ3v) is 3.08. The highest BCUT2D eigenvalue weighted by molar-refractivity contribution is 5.80. The Morgan fingerprint density at radius 2 is 2.20 bits per heavy atom. The number of guanidine groups is 1. The number of nitrogens with zero attached hydrogens (tertiary/aromatic N) is 1. The van der Waals surface area contributed by atoms with E-state index in [2.05, 4.69) is 22.5 Å². The lowest BCUT2D eigenvalue weighted by molar-refractivity contribution is -0.0236. The topological polar surface area (TPSA) is 56.7 Å². The van der Waals surface area contributed by atoms with Crippen molar-refractivity contribution in [1.29, 1.82) is 0 Å². The second kappa shape index (κ2) is 4.39. The Bertz CT molecular complexity index is 244. The van der Waals surface area contributed by atoms with E-state index in [4.69, 9.17) is 0 Å². The SMILES string of the molecule is CCNC(=NCC1(O)CCC1)NC1CC1. The Kier molecular flexibility index (Phi) is 3.14. The first-order valence-corrected chi connectivity index (χ1v) is 5.99. The van der Waals surface area contributed by atoms with Crippen LogP contribution in [0.3, 0.4) is 0 Å². The van der Waals surface area contributed by atoms with Gasteiger partial charge < -0.3 is 15.7 Å². The number of hydrogen-bond donors (Lipinski definition) is 3. The third kappa shape index (κ3) is 3.09. The summed E-state index contributed by atoms with van der Waals surface area (Å²) < 4.78 is 0. The minimum Gasteiger partial charge on any atom is -0.388 e. The maximum atomic E-state index is 9.91. The van der Waals surface area contributed by atoms with E-state index in [1.165, 1.54) is 12.8 Å². The molecule has 0 radical (unpaired) electrons. The monoisotopic (exact) mass is 211 g/mol. The summed E-state index contributed by atoms with van der Waals surface area (Å²) in [5.74, 6) is 0.861. The van der Waals surface area contributed by atoms with Gasteiger partial charge in [0.05, 0.1) is 12.1 Å². The van der Waals surface area contributed by atoms with Crippen LogP contribution in [0.2, 0.25) is 0 Å². The van der Waals surface area contributed by atoms with E-state index in [-0.39, 0.29) is 0 Å². The van der Waals surface area contributed by atoms with Crippen LogP contribution < -0.4 is 10.6 Å². The highest BCUT2D eigenvalue weighted by Gasteiger charge is 2.34. The highest BCUT2D eigenvalue weighted by Crippen LogP contribution is 2.31. The minimum atomic E-state index is -0.508. The van der Waals surface area contributed by atoms with Crippen molar-refractivity contribution in [1.82, 2.24) is 10.6 Å². The molecule has 15 heavy (non-hydrogen) atoms. The van der Waals surface area contributed by atoms with E-state index in [0.717, 1.165) is 31.8 Å². The van der Waals surface area contributed by atoms with Crippen LogP contribution in [0.25, 0.3) is 0 Å². The van der Waals surface area contributed by atoms with Gasteiger partial charge in [0, 0.05) is 12.6 Å². The lowest BCUT2D eigenvalue weighted by atomic mass is 9.80. The van der Waals surface area contributed by atoms with Crippen LogP contribution >= 0.6 is 0 Å². The van der Waals surface area contributed by atoms with Crippen molar-refractivity contribution in [3.63, 3.8) is 0 Å². The van der Waals surface area contributed by atoms with Crippen LogP contribution in [-0.4, -0.2) is 35.8 Å². The zero-order valence-electron chi connectivity index (χ0n) is 9.42. The first-order valence-electron chi connectivity index (χ1n) is 5.99. The van der Waals surface area contributed by atoms with Crippen LogP contribution in [0.15, 0.2) is 4.99 Å². The van der Waals surface area contributed by atoms with Crippen molar-refractivity contribution >= 4 is 5.96 Å². The third-order valence-electron chi connectivity index (χ3n) is 3.08. The number of aliphatic imine (C=N–C) groups is 1. The maximum Gasteiger partial charge on any atom is 0.191 e. The summed E-state index contributed by atoms with van der Waals surface area (Å²) in [7, 11) is 0. The molecule has 2 aliphatic carbocycles. The van der Waals surface area contributed by atoms with Gasteiger partial charge in [-0.25, -0.2) is 0 Å². The van der Waals surface area contributed by atoms with Crippen molar-refractivity contribution in [2.75, 3.05) is 13.1 Å². The quantitative estimate of drug-likeness (QED) is 0.472. The summed E-state index contributed by atoms with van der Waals surface area (Å²) in [6.07, 6.45) is 5.43. The smallest absolute Gasteiger partial charge is 0.191 e. The Morgan fingerprint density at radius 3 is 2.67 bits per heavy atom. The fourth-order valence-electron chi connectivity index (χ4n) is 1.71. The lowest BCUT2D eigenvalue weighted by Crippen LogP contribution is -2.43. The van der Waals surface area contributed by atoms with Gasteiger partial charge in [-0.3, -0.25) is 4.99 Å². The fourth-order valence-corrected chi connectivity index (χ4v) is 1.71. The number of aliphatic hydroxyl groups is 1. The van der Waals surface area contributed by atoms with E-state index in [1.807, 2.05) is 0 Å². The van der Waals surface area contributed by atoms with Gasteiger partial charge in [-0.1, -0.05) is 0 Å². The standard InChI is InChI=1S/C11H21N3O/c1-2-12-10(14-9-4-5-9)13-8-11(15)6-3-7-11/h9,15H,2-8H2,1H3,(H2,12,13,14). The molecule has 2 fully saturated rings. The highest BCUT2D eigenvalue weighted by atomic mass is 16.3. The number of nitrogens with one attached hydrogen (secondary N) is 2.